The molecule has 0 heterocycles. The van der Waals surface area contributed by atoms with E-state index in [4.69, 9.17) is 0 Å². The molecule has 0 aliphatic carbocycles. The molecular weight excluding hydrogens is 312 g/mol. The van der Waals surface area contributed by atoms with Crippen molar-refractivity contribution in [3.05, 3.63) is 59.2 Å². The van der Waals surface area contributed by atoms with Crippen LogP contribution in [0, 0.1) is 6.92 Å². The summed E-state index contributed by atoms with van der Waals surface area (Å²) in [5.74, 6) is -0.831. The van der Waals surface area contributed by atoms with E-state index in [1.165, 1.54) is 0 Å². The molecule has 0 bridgehead atoms. The maximum absolute atomic E-state index is 12.5. The Labute approximate surface area is 149 Å². The molecule has 0 saturated heterocycles. The molecule has 4 nitrogen and oxygen atoms in total. The van der Waals surface area contributed by atoms with Crippen LogP contribution in [0.5, 0.6) is 0 Å². The van der Waals surface area contributed by atoms with Gasteiger partial charge >= 0.3 is 11.8 Å². The van der Waals surface area contributed by atoms with E-state index in [1.54, 1.807) is 6.07 Å². The van der Waals surface area contributed by atoms with Crippen LogP contribution >= 0.6 is 0 Å². The maximum Gasteiger partial charge on any atom is 0.314 e. The summed E-state index contributed by atoms with van der Waals surface area (Å²) in [4.78, 5) is 24.8. The Kier molecular flexibility index (Phi) is 5.97. The average molecular weight is 338 g/mol. The fraction of sp³-hybridized carbons (Fsp3) is 0.333. The molecule has 0 unspecified atom stereocenters. The number of nitrogens with one attached hydrogen (secondary N) is 2. The van der Waals surface area contributed by atoms with Crippen LogP contribution < -0.4 is 10.6 Å². The third-order valence-corrected chi connectivity index (χ3v) is 4.21. The second kappa shape index (κ2) is 7.97. The van der Waals surface area contributed by atoms with Gasteiger partial charge in [0.1, 0.15) is 0 Å². The number of carbonyl (C=O) groups is 2. The predicted octanol–water partition coefficient (Wildman–Crippen LogP) is 4.82. The molecule has 2 amide bonds. The van der Waals surface area contributed by atoms with Crippen molar-refractivity contribution >= 4 is 23.2 Å². The molecule has 0 atom stereocenters. The van der Waals surface area contributed by atoms with Gasteiger partial charge in [-0.15, -0.1) is 0 Å². The molecule has 0 aliphatic rings. The summed E-state index contributed by atoms with van der Waals surface area (Å²) in [6, 6.07) is 13.4. The molecule has 4 heteroatoms. The largest absolute Gasteiger partial charge is 0.318 e. The molecule has 0 saturated carbocycles. The van der Waals surface area contributed by atoms with Crippen molar-refractivity contribution in [1.29, 1.82) is 0 Å². The fourth-order valence-corrected chi connectivity index (χ4v) is 2.76. The lowest BCUT2D eigenvalue weighted by Gasteiger charge is -2.20. The number of benzene rings is 2. The summed E-state index contributed by atoms with van der Waals surface area (Å²) < 4.78 is 0. The van der Waals surface area contributed by atoms with Crippen LogP contribution in [0.25, 0.3) is 0 Å². The van der Waals surface area contributed by atoms with E-state index in [1.807, 2.05) is 43.3 Å². The molecule has 2 N–H and O–H groups in total. The normalized spacial score (nSPS) is 10.8. The molecule has 0 radical (unpaired) electrons. The minimum absolute atomic E-state index is 0.244. The first-order valence-corrected chi connectivity index (χ1v) is 8.62. The highest BCUT2D eigenvalue weighted by atomic mass is 16.2. The number of aryl methyl sites for hydroxylation is 1. The number of amides is 2. The van der Waals surface area contributed by atoms with Crippen LogP contribution in [-0.2, 0) is 9.59 Å². The number of para-hydroxylation sites is 2. The predicted molar refractivity (Wildman–Crippen MR) is 103 cm³/mol. The average Bonchev–Trinajstić information content (AvgIpc) is 2.56. The van der Waals surface area contributed by atoms with Gasteiger partial charge in [0.2, 0.25) is 0 Å². The maximum atomic E-state index is 12.5. The highest BCUT2D eigenvalue weighted by Crippen LogP contribution is 2.32. The van der Waals surface area contributed by atoms with E-state index >= 15 is 0 Å². The second-order valence-electron chi connectivity index (χ2n) is 6.84. The zero-order valence-electron chi connectivity index (χ0n) is 15.5. The Morgan fingerprint density at radius 3 is 1.80 bits per heavy atom. The quantitative estimate of drug-likeness (QED) is 0.785. The van der Waals surface area contributed by atoms with Crippen LogP contribution in [0.1, 0.15) is 56.2 Å². The SMILES string of the molecule is Cc1ccccc1NC(=O)C(=O)Nc1c(C(C)C)cccc1C(C)C. The summed E-state index contributed by atoms with van der Waals surface area (Å²) in [5, 5.41) is 5.51. The van der Waals surface area contributed by atoms with Gasteiger partial charge in [-0.05, 0) is 41.5 Å². The van der Waals surface area contributed by atoms with Gasteiger partial charge in [0, 0.05) is 11.4 Å². The number of rotatable bonds is 4. The molecule has 0 aliphatic heterocycles. The van der Waals surface area contributed by atoms with Crippen LogP contribution in [0.4, 0.5) is 11.4 Å². The van der Waals surface area contributed by atoms with Gasteiger partial charge in [-0.2, -0.15) is 0 Å². The van der Waals surface area contributed by atoms with Gasteiger partial charge in [0.05, 0.1) is 0 Å². The van der Waals surface area contributed by atoms with E-state index in [2.05, 4.69) is 38.3 Å². The first-order chi connectivity index (χ1) is 11.8. The van der Waals surface area contributed by atoms with Crippen molar-refractivity contribution in [2.45, 2.75) is 46.5 Å². The fourth-order valence-electron chi connectivity index (χ4n) is 2.76. The summed E-state index contributed by atoms with van der Waals surface area (Å²) >= 11 is 0. The lowest BCUT2D eigenvalue weighted by Crippen LogP contribution is -2.30. The second-order valence-corrected chi connectivity index (χ2v) is 6.84. The van der Waals surface area contributed by atoms with Crippen LogP contribution in [0.2, 0.25) is 0 Å². The van der Waals surface area contributed by atoms with Gasteiger partial charge in [-0.1, -0.05) is 64.1 Å². The first-order valence-electron chi connectivity index (χ1n) is 8.62. The van der Waals surface area contributed by atoms with Crippen LogP contribution in [0.15, 0.2) is 42.5 Å². The van der Waals surface area contributed by atoms with Gasteiger partial charge in [0.25, 0.3) is 0 Å². The highest BCUT2D eigenvalue weighted by molar-refractivity contribution is 6.43. The topological polar surface area (TPSA) is 58.2 Å². The number of carbonyl (C=O) groups excluding carboxylic acids is 2. The van der Waals surface area contributed by atoms with Crippen molar-refractivity contribution in [3.8, 4) is 0 Å². The van der Waals surface area contributed by atoms with Crippen molar-refractivity contribution < 1.29 is 9.59 Å². The number of anilines is 2. The van der Waals surface area contributed by atoms with Crippen LogP contribution in [-0.4, -0.2) is 11.8 Å². The van der Waals surface area contributed by atoms with Gasteiger partial charge < -0.3 is 10.6 Å². The number of hydrogen-bond acceptors (Lipinski definition) is 2. The Hall–Kier alpha value is -2.62. The van der Waals surface area contributed by atoms with E-state index < -0.39 is 11.8 Å². The minimum atomic E-state index is -0.664. The molecular formula is C21H26N2O2. The standard InChI is InChI=1S/C21H26N2O2/c1-13(2)16-10-8-11-17(14(3)4)19(16)23-21(25)20(24)22-18-12-7-6-9-15(18)5/h6-14H,1-5H3,(H,22,24)(H,23,25). The van der Waals surface area contributed by atoms with Gasteiger partial charge in [0.15, 0.2) is 0 Å². The lowest BCUT2D eigenvalue weighted by molar-refractivity contribution is -0.133. The minimum Gasteiger partial charge on any atom is -0.318 e. The molecule has 132 valence electrons. The van der Waals surface area contributed by atoms with E-state index in [-0.39, 0.29) is 11.8 Å². The molecule has 0 aromatic heterocycles. The summed E-state index contributed by atoms with van der Waals surface area (Å²) in [6.45, 7) is 10.2. The summed E-state index contributed by atoms with van der Waals surface area (Å²) in [6.07, 6.45) is 0. The Morgan fingerprint density at radius 1 is 0.760 bits per heavy atom. The number of hydrogen-bond donors (Lipinski definition) is 2. The van der Waals surface area contributed by atoms with Crippen molar-refractivity contribution in [1.82, 2.24) is 0 Å². The zero-order valence-corrected chi connectivity index (χ0v) is 15.5. The van der Waals surface area contributed by atoms with Gasteiger partial charge in [-0.3, -0.25) is 9.59 Å². The van der Waals surface area contributed by atoms with Crippen molar-refractivity contribution in [2.75, 3.05) is 10.6 Å². The summed E-state index contributed by atoms with van der Waals surface area (Å²) in [5.41, 5.74) is 4.36. The monoisotopic (exact) mass is 338 g/mol. The first kappa shape index (κ1) is 18.7. The zero-order chi connectivity index (χ0) is 18.6. The molecule has 0 spiro atoms. The Bertz CT molecular complexity index is 753. The van der Waals surface area contributed by atoms with E-state index in [0.717, 1.165) is 22.4 Å². The molecule has 25 heavy (non-hydrogen) atoms. The van der Waals surface area contributed by atoms with E-state index in [9.17, 15) is 9.59 Å². The van der Waals surface area contributed by atoms with Gasteiger partial charge in [-0.25, -0.2) is 0 Å². The van der Waals surface area contributed by atoms with Crippen LogP contribution in [0.3, 0.4) is 0 Å². The third-order valence-electron chi connectivity index (χ3n) is 4.21. The lowest BCUT2D eigenvalue weighted by atomic mass is 9.92. The van der Waals surface area contributed by atoms with E-state index in [0.29, 0.717) is 5.69 Å². The Balaban J connectivity index is 2.25. The molecule has 2 aromatic carbocycles. The molecule has 0 fully saturated rings. The molecule has 2 rings (SSSR count). The Morgan fingerprint density at radius 2 is 1.28 bits per heavy atom. The smallest absolute Gasteiger partial charge is 0.314 e. The summed E-state index contributed by atoms with van der Waals surface area (Å²) in [7, 11) is 0. The van der Waals surface area contributed by atoms with Crippen molar-refractivity contribution in [3.63, 3.8) is 0 Å². The van der Waals surface area contributed by atoms with Crippen molar-refractivity contribution in [2.24, 2.45) is 0 Å². The highest BCUT2D eigenvalue weighted by Gasteiger charge is 2.20. The third kappa shape index (κ3) is 4.47. The molecule has 2 aromatic rings.